The molecule has 0 saturated heterocycles. The van der Waals surface area contributed by atoms with Crippen molar-refractivity contribution in [2.45, 2.75) is 38.3 Å². The summed E-state index contributed by atoms with van der Waals surface area (Å²) in [4.78, 5) is 27.0. The molecule has 1 unspecified atom stereocenters. The Labute approximate surface area is 110 Å². The number of thiophene rings is 1. The van der Waals surface area contributed by atoms with Gasteiger partial charge in [-0.3, -0.25) is 9.59 Å². The fourth-order valence-corrected chi connectivity index (χ4v) is 3.64. The van der Waals surface area contributed by atoms with Gasteiger partial charge in [-0.2, -0.15) is 0 Å². The summed E-state index contributed by atoms with van der Waals surface area (Å²) in [5.41, 5.74) is 2.07. The van der Waals surface area contributed by atoms with Crippen molar-refractivity contribution in [2.24, 2.45) is 0 Å². The van der Waals surface area contributed by atoms with Gasteiger partial charge in [0.15, 0.2) is 5.78 Å². The van der Waals surface area contributed by atoms with Crippen LogP contribution in [0.25, 0.3) is 0 Å². The quantitative estimate of drug-likeness (QED) is 0.576. The molecule has 0 bridgehead atoms. The van der Waals surface area contributed by atoms with E-state index < -0.39 is 0 Å². The van der Waals surface area contributed by atoms with E-state index >= 15 is 0 Å². The first-order valence-electron chi connectivity index (χ1n) is 6.23. The van der Waals surface area contributed by atoms with E-state index in [1.165, 1.54) is 11.3 Å². The average Bonchev–Trinajstić information content (AvgIpc) is 2.84. The van der Waals surface area contributed by atoms with E-state index in [0.717, 1.165) is 35.3 Å². The minimum absolute atomic E-state index is 0.0332. The van der Waals surface area contributed by atoms with E-state index in [1.807, 2.05) is 11.4 Å². The van der Waals surface area contributed by atoms with Crippen molar-refractivity contribution in [1.82, 2.24) is 4.90 Å². The fourth-order valence-electron chi connectivity index (χ4n) is 2.77. The van der Waals surface area contributed by atoms with Gasteiger partial charge in [0, 0.05) is 13.0 Å². The number of fused-ring (bicyclic) bond motifs is 1. The van der Waals surface area contributed by atoms with Crippen molar-refractivity contribution in [3.63, 3.8) is 0 Å². The van der Waals surface area contributed by atoms with Crippen molar-refractivity contribution in [3.05, 3.63) is 34.0 Å². The van der Waals surface area contributed by atoms with Crippen LogP contribution in [0.3, 0.4) is 0 Å². The molecule has 0 spiro atoms. The van der Waals surface area contributed by atoms with Crippen LogP contribution < -0.4 is 0 Å². The molecule has 2 aliphatic rings. The maximum Gasteiger partial charge on any atom is 0.265 e. The number of carbonyl (C=O) groups is 2. The summed E-state index contributed by atoms with van der Waals surface area (Å²) in [5.74, 6) is 0.187. The molecule has 18 heavy (non-hydrogen) atoms. The van der Waals surface area contributed by atoms with Crippen LogP contribution >= 0.6 is 11.3 Å². The summed E-state index contributed by atoms with van der Waals surface area (Å²) in [6.45, 7) is 4.51. The molecule has 0 N–H and O–H groups in total. The Morgan fingerprint density at radius 2 is 2.22 bits per heavy atom. The molecular formula is C14H15NO2S. The van der Waals surface area contributed by atoms with E-state index in [1.54, 1.807) is 4.90 Å². The Morgan fingerprint density at radius 1 is 1.39 bits per heavy atom. The Morgan fingerprint density at radius 3 is 3.00 bits per heavy atom. The van der Waals surface area contributed by atoms with Gasteiger partial charge < -0.3 is 4.90 Å². The Hall–Kier alpha value is -1.42. The molecule has 0 aromatic carbocycles. The fraction of sp³-hybridized carbons (Fsp3) is 0.429. The molecule has 0 radical (unpaired) electrons. The van der Waals surface area contributed by atoms with E-state index in [2.05, 4.69) is 6.58 Å². The topological polar surface area (TPSA) is 37.4 Å². The van der Waals surface area contributed by atoms with E-state index in [0.29, 0.717) is 13.0 Å². The summed E-state index contributed by atoms with van der Waals surface area (Å²) < 4.78 is 0. The van der Waals surface area contributed by atoms with Crippen molar-refractivity contribution in [1.29, 1.82) is 0 Å². The van der Waals surface area contributed by atoms with Crippen molar-refractivity contribution in [2.75, 3.05) is 0 Å². The SMILES string of the molecule is C=C1CCCC(N2Cc3ccsc3C2=O)C(=O)C1. The Bertz CT molecular complexity index is 532. The molecule has 1 atom stereocenters. The Kier molecular flexibility index (Phi) is 2.82. The first-order valence-corrected chi connectivity index (χ1v) is 7.11. The number of rotatable bonds is 1. The van der Waals surface area contributed by atoms with Gasteiger partial charge in [0.1, 0.15) is 0 Å². The lowest BCUT2D eigenvalue weighted by atomic mass is 10.1. The lowest BCUT2D eigenvalue weighted by Crippen LogP contribution is -2.40. The van der Waals surface area contributed by atoms with E-state index in [9.17, 15) is 9.59 Å². The van der Waals surface area contributed by atoms with Crippen LogP contribution in [0.15, 0.2) is 23.6 Å². The second-order valence-electron chi connectivity index (χ2n) is 5.01. The second kappa shape index (κ2) is 4.35. The predicted octanol–water partition coefficient (Wildman–Crippen LogP) is 2.77. The maximum absolute atomic E-state index is 12.3. The van der Waals surface area contributed by atoms with Gasteiger partial charge in [0.25, 0.3) is 5.91 Å². The third-order valence-electron chi connectivity index (χ3n) is 3.72. The smallest absolute Gasteiger partial charge is 0.265 e. The first-order chi connectivity index (χ1) is 8.66. The molecule has 3 rings (SSSR count). The van der Waals surface area contributed by atoms with Crippen LogP contribution in [0.2, 0.25) is 0 Å². The second-order valence-corrected chi connectivity index (χ2v) is 5.93. The van der Waals surface area contributed by atoms with Crippen molar-refractivity contribution >= 4 is 23.0 Å². The van der Waals surface area contributed by atoms with E-state index in [-0.39, 0.29) is 17.7 Å². The number of hydrogen-bond donors (Lipinski definition) is 0. The van der Waals surface area contributed by atoms with Gasteiger partial charge in [-0.15, -0.1) is 11.3 Å². The molecule has 94 valence electrons. The number of amides is 1. The van der Waals surface area contributed by atoms with Crippen molar-refractivity contribution < 1.29 is 9.59 Å². The normalized spacial score (nSPS) is 24.3. The molecule has 1 aromatic rings. The molecule has 1 amide bonds. The number of nitrogens with zero attached hydrogens (tertiary/aromatic N) is 1. The monoisotopic (exact) mass is 261 g/mol. The van der Waals surface area contributed by atoms with Crippen LogP contribution in [-0.4, -0.2) is 22.6 Å². The van der Waals surface area contributed by atoms with Crippen LogP contribution in [0, 0.1) is 0 Å². The molecule has 2 heterocycles. The molecule has 4 heteroatoms. The summed E-state index contributed by atoms with van der Waals surface area (Å²) >= 11 is 1.47. The highest BCUT2D eigenvalue weighted by Gasteiger charge is 2.37. The number of allylic oxidation sites excluding steroid dienone is 1. The highest BCUT2D eigenvalue weighted by atomic mass is 32.1. The first kappa shape index (κ1) is 11.7. The lowest BCUT2D eigenvalue weighted by Gasteiger charge is -2.25. The number of ketones is 1. The third kappa shape index (κ3) is 1.81. The van der Waals surface area contributed by atoms with Gasteiger partial charge in [-0.05, 0) is 36.3 Å². The van der Waals surface area contributed by atoms with E-state index in [4.69, 9.17) is 0 Å². The summed E-state index contributed by atoms with van der Waals surface area (Å²) in [7, 11) is 0. The molecule has 1 fully saturated rings. The standard InChI is InChI=1S/C14H15NO2S/c1-9-3-2-4-11(12(16)7-9)15-8-10-5-6-18-13(10)14(15)17/h5-6,11H,1-4,7-8H2. The largest absolute Gasteiger partial charge is 0.324 e. The van der Waals surface area contributed by atoms with Gasteiger partial charge in [-0.25, -0.2) is 0 Å². The molecular weight excluding hydrogens is 246 g/mol. The minimum Gasteiger partial charge on any atom is -0.324 e. The lowest BCUT2D eigenvalue weighted by molar-refractivity contribution is -0.122. The average molecular weight is 261 g/mol. The molecule has 1 aliphatic carbocycles. The van der Waals surface area contributed by atoms with Gasteiger partial charge in [0.2, 0.25) is 0 Å². The zero-order valence-electron chi connectivity index (χ0n) is 10.1. The number of hydrogen-bond acceptors (Lipinski definition) is 3. The third-order valence-corrected chi connectivity index (χ3v) is 4.67. The highest BCUT2D eigenvalue weighted by Crippen LogP contribution is 2.32. The van der Waals surface area contributed by atoms with Crippen LogP contribution in [0.4, 0.5) is 0 Å². The summed E-state index contributed by atoms with van der Waals surface area (Å²) in [5, 5.41) is 1.94. The van der Waals surface area contributed by atoms with Crippen LogP contribution in [-0.2, 0) is 11.3 Å². The van der Waals surface area contributed by atoms with Crippen molar-refractivity contribution in [3.8, 4) is 0 Å². The summed E-state index contributed by atoms with van der Waals surface area (Å²) in [6.07, 6.45) is 3.07. The zero-order chi connectivity index (χ0) is 12.7. The van der Waals surface area contributed by atoms with Gasteiger partial charge >= 0.3 is 0 Å². The maximum atomic E-state index is 12.3. The molecule has 3 nitrogen and oxygen atoms in total. The minimum atomic E-state index is -0.239. The van der Waals surface area contributed by atoms with Crippen LogP contribution in [0.1, 0.15) is 40.9 Å². The molecule has 1 aromatic heterocycles. The molecule has 1 saturated carbocycles. The molecule has 1 aliphatic heterocycles. The number of carbonyl (C=O) groups excluding carboxylic acids is 2. The van der Waals surface area contributed by atoms with Crippen LogP contribution in [0.5, 0.6) is 0 Å². The predicted molar refractivity (Wildman–Crippen MR) is 70.6 cm³/mol. The highest BCUT2D eigenvalue weighted by molar-refractivity contribution is 7.12. The van der Waals surface area contributed by atoms with Gasteiger partial charge in [-0.1, -0.05) is 12.2 Å². The van der Waals surface area contributed by atoms with Gasteiger partial charge in [0.05, 0.1) is 10.9 Å². The zero-order valence-corrected chi connectivity index (χ0v) is 11.0. The number of Topliss-reactive ketones (excluding diaryl/α,β-unsaturated/α-hetero) is 1. The summed E-state index contributed by atoms with van der Waals surface area (Å²) in [6, 6.07) is 1.74. The Balaban J connectivity index is 1.84.